The highest BCUT2D eigenvalue weighted by Gasteiger charge is 1.99. The van der Waals surface area contributed by atoms with E-state index in [4.69, 9.17) is 18.0 Å². The number of hydrogen-bond acceptors (Lipinski definition) is 3. The summed E-state index contributed by atoms with van der Waals surface area (Å²) < 4.78 is 0. The molecule has 0 saturated carbocycles. The van der Waals surface area contributed by atoms with Gasteiger partial charge in [0.2, 0.25) is 0 Å². The quantitative estimate of drug-likeness (QED) is 0.387. The third-order valence-electron chi connectivity index (χ3n) is 0.853. The Kier molecular flexibility index (Phi) is 5.19. The minimum atomic E-state index is 0.309. The molecule has 0 aromatic rings. The molecule has 0 radical (unpaired) electrons. The van der Waals surface area contributed by atoms with Gasteiger partial charge in [0.25, 0.3) is 0 Å². The van der Waals surface area contributed by atoms with E-state index in [-0.39, 0.29) is 0 Å². The number of hydrogen-bond donors (Lipinski definition) is 3. The number of nitrogens with two attached hydrogens (primary N) is 1. The molecule has 0 rings (SSSR count). The van der Waals surface area contributed by atoms with E-state index in [1.54, 1.807) is 0 Å². The van der Waals surface area contributed by atoms with Crippen LogP contribution in [-0.4, -0.2) is 23.3 Å². The molecule has 4 nitrogen and oxygen atoms in total. The van der Waals surface area contributed by atoms with Gasteiger partial charge < -0.3 is 5.73 Å². The molecule has 4 N–H and O–H groups in total. The summed E-state index contributed by atoms with van der Waals surface area (Å²) >= 11 is 4.73. The van der Waals surface area contributed by atoms with Crippen molar-refractivity contribution in [2.45, 2.75) is 13.8 Å². The Balaban J connectivity index is 3.61. The van der Waals surface area contributed by atoms with E-state index >= 15 is 0 Å². The summed E-state index contributed by atoms with van der Waals surface area (Å²) in [4.78, 5) is 0. The van der Waals surface area contributed by atoms with Gasteiger partial charge in [0.15, 0.2) is 5.11 Å². The highest BCUT2D eigenvalue weighted by Crippen LogP contribution is 1.73. The first-order valence-corrected chi connectivity index (χ1v) is 3.69. The van der Waals surface area contributed by atoms with Crippen LogP contribution >= 0.6 is 12.2 Å². The molecule has 0 aliphatic heterocycles. The average Bonchev–Trinajstić information content (AvgIpc) is 1.87. The zero-order chi connectivity index (χ0) is 7.98. The lowest BCUT2D eigenvalue weighted by Crippen LogP contribution is -2.53. The van der Waals surface area contributed by atoms with E-state index in [1.807, 2.05) is 13.8 Å². The first-order valence-electron chi connectivity index (χ1n) is 3.28. The van der Waals surface area contributed by atoms with E-state index < -0.39 is 0 Å². The van der Waals surface area contributed by atoms with E-state index in [9.17, 15) is 0 Å². The molecule has 5 heteroatoms. The lowest BCUT2D eigenvalue weighted by Gasteiger charge is -2.22. The van der Waals surface area contributed by atoms with Crippen molar-refractivity contribution >= 4 is 17.3 Å². The molecular formula is C5H14N4S. The molecule has 0 unspecified atom stereocenters. The van der Waals surface area contributed by atoms with Gasteiger partial charge in [-0.3, -0.25) is 0 Å². The van der Waals surface area contributed by atoms with Gasteiger partial charge in [-0.15, -0.1) is 0 Å². The summed E-state index contributed by atoms with van der Waals surface area (Å²) in [6.07, 6.45) is 0. The molecule has 0 atom stereocenters. The standard InChI is InChI=1S/C5H14N4S/c1-3-7-9(5(6)10)8-4-2/h7-8H,3-4H2,1-2H3,(H2,6,10). The molecule has 0 aliphatic rings. The van der Waals surface area contributed by atoms with E-state index in [2.05, 4.69) is 10.9 Å². The van der Waals surface area contributed by atoms with Crippen molar-refractivity contribution in [3.8, 4) is 0 Å². The Labute approximate surface area is 66.7 Å². The van der Waals surface area contributed by atoms with Crippen LogP contribution in [0.15, 0.2) is 0 Å². The fourth-order valence-electron chi connectivity index (χ4n) is 0.528. The molecule has 0 aliphatic carbocycles. The van der Waals surface area contributed by atoms with Crippen molar-refractivity contribution in [2.24, 2.45) is 5.73 Å². The lowest BCUT2D eigenvalue weighted by molar-refractivity contribution is 0.233. The van der Waals surface area contributed by atoms with Crippen molar-refractivity contribution in [1.29, 1.82) is 0 Å². The Morgan fingerprint density at radius 2 is 1.80 bits per heavy atom. The average molecular weight is 162 g/mol. The summed E-state index contributed by atoms with van der Waals surface area (Å²) in [5.41, 5.74) is 11.2. The largest absolute Gasteiger partial charge is 0.374 e. The van der Waals surface area contributed by atoms with Gasteiger partial charge in [-0.2, -0.15) is 0 Å². The maximum atomic E-state index is 5.34. The van der Waals surface area contributed by atoms with Crippen molar-refractivity contribution in [2.75, 3.05) is 13.1 Å². The molecule has 0 bridgehead atoms. The predicted octanol–water partition coefficient (Wildman–Crippen LogP) is -0.419. The van der Waals surface area contributed by atoms with Crippen LogP contribution in [0.5, 0.6) is 0 Å². The lowest BCUT2D eigenvalue weighted by atomic mass is 10.8. The van der Waals surface area contributed by atoms with Gasteiger partial charge >= 0.3 is 0 Å². The van der Waals surface area contributed by atoms with Gasteiger partial charge in [-0.1, -0.05) is 13.8 Å². The molecule has 0 aromatic carbocycles. The number of rotatable bonds is 4. The molecule has 0 aromatic heterocycles. The molecule has 60 valence electrons. The van der Waals surface area contributed by atoms with Gasteiger partial charge in [0, 0.05) is 13.1 Å². The summed E-state index contributed by atoms with van der Waals surface area (Å²) in [7, 11) is 0. The number of nitrogens with zero attached hydrogens (tertiary/aromatic N) is 1. The van der Waals surface area contributed by atoms with Crippen molar-refractivity contribution in [1.82, 2.24) is 16.0 Å². The van der Waals surface area contributed by atoms with Crippen LogP contribution in [0.4, 0.5) is 0 Å². The Morgan fingerprint density at radius 1 is 1.40 bits per heavy atom. The second kappa shape index (κ2) is 5.40. The maximum Gasteiger partial charge on any atom is 0.196 e. The highest BCUT2D eigenvalue weighted by molar-refractivity contribution is 7.80. The number of hydrazine groups is 2. The Hall–Kier alpha value is -0.390. The van der Waals surface area contributed by atoms with Crippen LogP contribution in [0.2, 0.25) is 0 Å². The van der Waals surface area contributed by atoms with Crippen LogP contribution in [0.25, 0.3) is 0 Å². The van der Waals surface area contributed by atoms with Crippen LogP contribution in [0.1, 0.15) is 13.8 Å². The third-order valence-corrected chi connectivity index (χ3v) is 1.04. The van der Waals surface area contributed by atoms with E-state index in [1.165, 1.54) is 5.12 Å². The molecule has 10 heavy (non-hydrogen) atoms. The zero-order valence-corrected chi connectivity index (χ0v) is 7.16. The molecule has 0 heterocycles. The van der Waals surface area contributed by atoms with Gasteiger partial charge in [-0.05, 0) is 12.2 Å². The van der Waals surface area contributed by atoms with Crippen LogP contribution < -0.4 is 16.6 Å². The van der Waals surface area contributed by atoms with Crippen molar-refractivity contribution < 1.29 is 0 Å². The van der Waals surface area contributed by atoms with E-state index in [0.717, 1.165) is 13.1 Å². The van der Waals surface area contributed by atoms with Crippen LogP contribution in [-0.2, 0) is 0 Å². The van der Waals surface area contributed by atoms with Crippen molar-refractivity contribution in [3.63, 3.8) is 0 Å². The fourth-order valence-corrected chi connectivity index (χ4v) is 0.657. The van der Waals surface area contributed by atoms with Gasteiger partial charge in [-0.25, -0.2) is 16.0 Å². The van der Waals surface area contributed by atoms with Crippen molar-refractivity contribution in [3.05, 3.63) is 0 Å². The van der Waals surface area contributed by atoms with Gasteiger partial charge in [0.05, 0.1) is 0 Å². The van der Waals surface area contributed by atoms with E-state index in [0.29, 0.717) is 5.11 Å². The molecule has 0 saturated heterocycles. The highest BCUT2D eigenvalue weighted by atomic mass is 32.1. The van der Waals surface area contributed by atoms with Gasteiger partial charge in [0.1, 0.15) is 0 Å². The van der Waals surface area contributed by atoms with Crippen LogP contribution in [0.3, 0.4) is 0 Å². The maximum absolute atomic E-state index is 5.34. The summed E-state index contributed by atoms with van der Waals surface area (Å²) in [5.74, 6) is 0. The molecule has 0 spiro atoms. The normalized spacial score (nSPS) is 9.40. The molecular weight excluding hydrogens is 148 g/mol. The topological polar surface area (TPSA) is 53.3 Å². The third kappa shape index (κ3) is 3.60. The first-order chi connectivity index (χ1) is 4.72. The Morgan fingerprint density at radius 3 is 2.00 bits per heavy atom. The monoisotopic (exact) mass is 162 g/mol. The number of nitrogens with one attached hydrogen (secondary N) is 2. The second-order valence-electron chi connectivity index (χ2n) is 1.70. The summed E-state index contributed by atoms with van der Waals surface area (Å²) in [6, 6.07) is 0. The predicted molar refractivity (Wildman–Crippen MR) is 46.0 cm³/mol. The number of thiocarbonyl (C=S) groups is 1. The fraction of sp³-hybridized carbons (Fsp3) is 0.800. The minimum absolute atomic E-state index is 0.309. The summed E-state index contributed by atoms with van der Waals surface area (Å²) in [6.45, 7) is 5.54. The minimum Gasteiger partial charge on any atom is -0.374 e. The SMILES string of the molecule is CCNN(NCC)C(N)=S. The smallest absolute Gasteiger partial charge is 0.196 e. The first kappa shape index (κ1) is 9.61. The zero-order valence-electron chi connectivity index (χ0n) is 6.35. The molecule has 0 fully saturated rings. The summed E-state index contributed by atoms with van der Waals surface area (Å²) in [5, 5.41) is 1.85. The Bertz CT molecular complexity index is 99.8. The van der Waals surface area contributed by atoms with Crippen LogP contribution in [0, 0.1) is 0 Å². The molecule has 0 amide bonds. The second-order valence-corrected chi connectivity index (χ2v) is 2.12.